The van der Waals surface area contributed by atoms with Crippen LogP contribution in [0, 0.1) is 0 Å². The molecule has 1 atom stereocenters. The molecule has 0 saturated heterocycles. The summed E-state index contributed by atoms with van der Waals surface area (Å²) in [5.41, 5.74) is 0. The van der Waals surface area contributed by atoms with Crippen LogP contribution in [0.15, 0.2) is 0 Å². The normalized spacial score (nSPS) is 12.5. The van der Waals surface area contributed by atoms with E-state index in [4.69, 9.17) is 5.11 Å². The fourth-order valence-corrected chi connectivity index (χ4v) is 1.45. The highest BCUT2D eigenvalue weighted by atomic mass is 16.5. The molecule has 0 aromatic carbocycles. The van der Waals surface area contributed by atoms with Gasteiger partial charge in [0.25, 0.3) is 0 Å². The second-order valence-electron chi connectivity index (χ2n) is 3.31. The Morgan fingerprint density at radius 2 is 2.00 bits per heavy atom. The van der Waals surface area contributed by atoms with Crippen molar-refractivity contribution < 1.29 is 19.4 Å². The minimum atomic E-state index is -0.894. The number of hydrogen-bond acceptors (Lipinski definition) is 4. The Hall–Kier alpha value is -1.10. The molecule has 0 aromatic rings. The maximum Gasteiger partial charge on any atom is 0.320 e. The number of methoxy groups -OCH3 is 1. The molecule has 0 aromatic heterocycles. The van der Waals surface area contributed by atoms with E-state index in [1.165, 1.54) is 7.11 Å². The van der Waals surface area contributed by atoms with Gasteiger partial charge in [-0.15, -0.1) is 0 Å². The molecule has 88 valence electrons. The van der Waals surface area contributed by atoms with E-state index in [9.17, 15) is 9.59 Å². The maximum atomic E-state index is 11.1. The zero-order valence-electron chi connectivity index (χ0n) is 9.52. The van der Waals surface area contributed by atoms with Gasteiger partial charge in [-0.05, 0) is 19.4 Å². The molecule has 0 aliphatic carbocycles. The summed E-state index contributed by atoms with van der Waals surface area (Å²) in [7, 11) is 1.30. The summed E-state index contributed by atoms with van der Waals surface area (Å²) in [5.74, 6) is -1.29. The van der Waals surface area contributed by atoms with Crippen molar-refractivity contribution in [3.63, 3.8) is 0 Å². The number of rotatable bonds is 7. The van der Waals surface area contributed by atoms with E-state index in [0.29, 0.717) is 13.0 Å². The van der Waals surface area contributed by atoms with Crippen LogP contribution in [0.5, 0.6) is 0 Å². The van der Waals surface area contributed by atoms with Gasteiger partial charge >= 0.3 is 11.9 Å². The SMILES string of the molecule is CCCN(CC(=O)OC)C(CC)C(=O)O. The first-order valence-corrected chi connectivity index (χ1v) is 5.10. The lowest BCUT2D eigenvalue weighted by Crippen LogP contribution is -2.44. The van der Waals surface area contributed by atoms with E-state index < -0.39 is 18.0 Å². The molecule has 0 saturated carbocycles. The van der Waals surface area contributed by atoms with Crippen molar-refractivity contribution in [2.75, 3.05) is 20.2 Å². The first kappa shape index (κ1) is 13.9. The van der Waals surface area contributed by atoms with Gasteiger partial charge in [-0.25, -0.2) is 0 Å². The number of nitrogens with zero attached hydrogens (tertiary/aromatic N) is 1. The van der Waals surface area contributed by atoms with Crippen LogP contribution in [-0.4, -0.2) is 48.2 Å². The van der Waals surface area contributed by atoms with Crippen molar-refractivity contribution in [1.29, 1.82) is 0 Å². The Morgan fingerprint density at radius 3 is 2.33 bits per heavy atom. The summed E-state index contributed by atoms with van der Waals surface area (Å²) >= 11 is 0. The topological polar surface area (TPSA) is 66.8 Å². The number of esters is 1. The molecule has 0 aliphatic rings. The maximum absolute atomic E-state index is 11.1. The van der Waals surface area contributed by atoms with E-state index in [2.05, 4.69) is 4.74 Å². The van der Waals surface area contributed by atoms with Crippen molar-refractivity contribution in [1.82, 2.24) is 4.90 Å². The van der Waals surface area contributed by atoms with E-state index in [0.717, 1.165) is 6.42 Å². The number of carboxylic acid groups (broad SMARTS) is 1. The van der Waals surface area contributed by atoms with Crippen molar-refractivity contribution in [3.05, 3.63) is 0 Å². The van der Waals surface area contributed by atoms with Crippen LogP contribution in [0.2, 0.25) is 0 Å². The monoisotopic (exact) mass is 217 g/mol. The molecular formula is C10H19NO4. The molecule has 0 amide bonds. The highest BCUT2D eigenvalue weighted by molar-refractivity contribution is 5.76. The summed E-state index contributed by atoms with van der Waals surface area (Å²) in [6.45, 7) is 4.35. The Kier molecular flexibility index (Phi) is 6.70. The Morgan fingerprint density at radius 1 is 1.40 bits per heavy atom. The molecule has 0 rings (SSSR count). The van der Waals surface area contributed by atoms with Crippen LogP contribution >= 0.6 is 0 Å². The number of aliphatic carboxylic acids is 1. The smallest absolute Gasteiger partial charge is 0.320 e. The quantitative estimate of drug-likeness (QED) is 0.637. The van der Waals surface area contributed by atoms with E-state index >= 15 is 0 Å². The van der Waals surface area contributed by atoms with Crippen molar-refractivity contribution >= 4 is 11.9 Å². The van der Waals surface area contributed by atoms with Gasteiger partial charge in [0.1, 0.15) is 6.04 Å². The number of carboxylic acids is 1. The van der Waals surface area contributed by atoms with Crippen LogP contribution in [0.4, 0.5) is 0 Å². The molecular weight excluding hydrogens is 198 g/mol. The number of hydrogen-bond donors (Lipinski definition) is 1. The highest BCUT2D eigenvalue weighted by Gasteiger charge is 2.24. The fraction of sp³-hybridized carbons (Fsp3) is 0.800. The van der Waals surface area contributed by atoms with E-state index in [1.54, 1.807) is 11.8 Å². The van der Waals surface area contributed by atoms with Gasteiger partial charge in [0.2, 0.25) is 0 Å². The van der Waals surface area contributed by atoms with Crippen molar-refractivity contribution in [2.45, 2.75) is 32.7 Å². The average Bonchev–Trinajstić information content (AvgIpc) is 2.18. The van der Waals surface area contributed by atoms with Crippen molar-refractivity contribution in [2.24, 2.45) is 0 Å². The van der Waals surface area contributed by atoms with Crippen LogP contribution in [0.1, 0.15) is 26.7 Å². The lowest BCUT2D eigenvalue weighted by atomic mass is 10.2. The predicted octanol–water partition coefficient (Wildman–Crippen LogP) is 0.735. The lowest BCUT2D eigenvalue weighted by molar-refractivity contribution is -0.147. The van der Waals surface area contributed by atoms with Crippen LogP contribution in [0.25, 0.3) is 0 Å². The van der Waals surface area contributed by atoms with Gasteiger partial charge in [0, 0.05) is 0 Å². The summed E-state index contributed by atoms with van der Waals surface area (Å²) in [4.78, 5) is 23.6. The van der Waals surface area contributed by atoms with Gasteiger partial charge < -0.3 is 9.84 Å². The standard InChI is InChI=1S/C10H19NO4/c1-4-6-11(7-9(12)15-3)8(5-2)10(13)14/h8H,4-7H2,1-3H3,(H,13,14). The minimum Gasteiger partial charge on any atom is -0.480 e. The predicted molar refractivity (Wildman–Crippen MR) is 55.6 cm³/mol. The molecule has 1 N–H and O–H groups in total. The van der Waals surface area contributed by atoms with Gasteiger partial charge in [-0.2, -0.15) is 0 Å². The van der Waals surface area contributed by atoms with E-state index in [-0.39, 0.29) is 6.54 Å². The molecule has 0 radical (unpaired) electrons. The third kappa shape index (κ3) is 4.78. The first-order chi connectivity index (χ1) is 7.06. The zero-order chi connectivity index (χ0) is 11.8. The molecule has 0 aliphatic heterocycles. The Labute approximate surface area is 90.0 Å². The molecule has 0 heterocycles. The largest absolute Gasteiger partial charge is 0.480 e. The van der Waals surface area contributed by atoms with Gasteiger partial charge in [0.05, 0.1) is 13.7 Å². The average molecular weight is 217 g/mol. The van der Waals surface area contributed by atoms with Gasteiger partial charge in [0.15, 0.2) is 0 Å². The summed E-state index contributed by atoms with van der Waals surface area (Å²) < 4.78 is 4.53. The molecule has 0 bridgehead atoms. The van der Waals surface area contributed by atoms with Crippen LogP contribution in [0.3, 0.4) is 0 Å². The molecule has 15 heavy (non-hydrogen) atoms. The zero-order valence-corrected chi connectivity index (χ0v) is 9.52. The van der Waals surface area contributed by atoms with E-state index in [1.807, 2.05) is 6.92 Å². The molecule has 0 spiro atoms. The second kappa shape index (κ2) is 7.23. The third-order valence-corrected chi connectivity index (χ3v) is 2.18. The van der Waals surface area contributed by atoms with Crippen LogP contribution < -0.4 is 0 Å². The fourth-order valence-electron chi connectivity index (χ4n) is 1.45. The molecule has 0 fully saturated rings. The lowest BCUT2D eigenvalue weighted by Gasteiger charge is -2.26. The number of carbonyl (C=O) groups excluding carboxylic acids is 1. The summed E-state index contributed by atoms with van der Waals surface area (Å²) in [6.07, 6.45) is 1.28. The molecule has 1 unspecified atom stereocenters. The highest BCUT2D eigenvalue weighted by Crippen LogP contribution is 2.05. The number of carbonyl (C=O) groups is 2. The van der Waals surface area contributed by atoms with Crippen LogP contribution in [-0.2, 0) is 14.3 Å². The summed E-state index contributed by atoms with van der Waals surface area (Å²) in [5, 5.41) is 8.96. The van der Waals surface area contributed by atoms with Gasteiger partial charge in [-0.3, -0.25) is 14.5 Å². The summed E-state index contributed by atoms with van der Waals surface area (Å²) in [6, 6.07) is -0.607. The molecule has 5 heteroatoms. The second-order valence-corrected chi connectivity index (χ2v) is 3.31. The van der Waals surface area contributed by atoms with Crippen molar-refractivity contribution in [3.8, 4) is 0 Å². The Balaban J connectivity index is 4.46. The first-order valence-electron chi connectivity index (χ1n) is 5.10. The minimum absolute atomic E-state index is 0.0369. The Bertz CT molecular complexity index is 217. The number of ether oxygens (including phenoxy) is 1. The van der Waals surface area contributed by atoms with Gasteiger partial charge in [-0.1, -0.05) is 13.8 Å². The molecule has 5 nitrogen and oxygen atoms in total. The third-order valence-electron chi connectivity index (χ3n) is 2.18.